The summed E-state index contributed by atoms with van der Waals surface area (Å²) in [5.41, 5.74) is 7.05. The highest BCUT2D eigenvalue weighted by atomic mass is 79.9. The SMILES string of the molecule is C[C@H](NS(=O)(=O)c1ccc(N)c(Br)c1)c1ccc(Br)cc1. The lowest BCUT2D eigenvalue weighted by atomic mass is 10.1. The van der Waals surface area contributed by atoms with E-state index in [4.69, 9.17) is 5.73 Å². The number of hydrogen-bond donors (Lipinski definition) is 2. The molecule has 21 heavy (non-hydrogen) atoms. The molecule has 3 N–H and O–H groups in total. The van der Waals surface area contributed by atoms with Gasteiger partial charge in [0.25, 0.3) is 0 Å². The second-order valence-electron chi connectivity index (χ2n) is 4.58. The Balaban J connectivity index is 2.24. The molecule has 0 spiro atoms. The molecular formula is C14H14Br2N2O2S. The van der Waals surface area contributed by atoms with Crippen molar-refractivity contribution in [2.75, 3.05) is 5.73 Å². The number of halogens is 2. The van der Waals surface area contributed by atoms with Crippen molar-refractivity contribution in [2.45, 2.75) is 17.9 Å². The number of nitrogen functional groups attached to an aromatic ring is 1. The average Bonchev–Trinajstić information content (AvgIpc) is 2.42. The van der Waals surface area contributed by atoms with Crippen LogP contribution in [0.5, 0.6) is 0 Å². The number of anilines is 1. The first kappa shape index (κ1) is 16.5. The van der Waals surface area contributed by atoms with Gasteiger partial charge >= 0.3 is 0 Å². The average molecular weight is 434 g/mol. The lowest BCUT2D eigenvalue weighted by Crippen LogP contribution is -2.26. The Morgan fingerprint density at radius 2 is 1.71 bits per heavy atom. The highest BCUT2D eigenvalue weighted by Gasteiger charge is 2.19. The van der Waals surface area contributed by atoms with Gasteiger partial charge in [0, 0.05) is 20.7 Å². The van der Waals surface area contributed by atoms with Gasteiger partial charge in [0.15, 0.2) is 0 Å². The van der Waals surface area contributed by atoms with E-state index in [-0.39, 0.29) is 10.9 Å². The van der Waals surface area contributed by atoms with Crippen LogP contribution in [0.2, 0.25) is 0 Å². The first-order valence-corrected chi connectivity index (χ1v) is 9.19. The van der Waals surface area contributed by atoms with Gasteiger partial charge in [-0.05, 0) is 58.7 Å². The summed E-state index contributed by atoms with van der Waals surface area (Å²) in [6.07, 6.45) is 0. The fraction of sp³-hybridized carbons (Fsp3) is 0.143. The van der Waals surface area contributed by atoms with Crippen molar-refractivity contribution in [3.05, 3.63) is 57.0 Å². The van der Waals surface area contributed by atoms with E-state index in [0.29, 0.717) is 10.2 Å². The van der Waals surface area contributed by atoms with Gasteiger partial charge in [0.2, 0.25) is 10.0 Å². The molecule has 2 aromatic carbocycles. The van der Waals surface area contributed by atoms with E-state index < -0.39 is 10.0 Å². The van der Waals surface area contributed by atoms with Gasteiger partial charge in [0.1, 0.15) is 0 Å². The van der Waals surface area contributed by atoms with Gasteiger partial charge in [-0.25, -0.2) is 13.1 Å². The summed E-state index contributed by atoms with van der Waals surface area (Å²) in [5.74, 6) is 0. The minimum atomic E-state index is -3.60. The molecule has 112 valence electrons. The summed E-state index contributed by atoms with van der Waals surface area (Å²) in [4.78, 5) is 0.174. The molecule has 2 rings (SSSR count). The normalized spacial score (nSPS) is 13.1. The van der Waals surface area contributed by atoms with Crippen LogP contribution in [-0.4, -0.2) is 8.42 Å². The standard InChI is InChI=1S/C14H14Br2N2O2S/c1-9(10-2-4-11(15)5-3-10)18-21(19,20)12-6-7-14(17)13(16)8-12/h2-9,18H,17H2,1H3/t9-/m0/s1. The van der Waals surface area contributed by atoms with E-state index in [0.717, 1.165) is 10.0 Å². The maximum absolute atomic E-state index is 12.4. The quantitative estimate of drug-likeness (QED) is 0.719. The molecule has 7 heteroatoms. The van der Waals surface area contributed by atoms with Crippen molar-refractivity contribution in [3.8, 4) is 0 Å². The third kappa shape index (κ3) is 4.06. The van der Waals surface area contributed by atoms with E-state index in [2.05, 4.69) is 36.6 Å². The van der Waals surface area contributed by atoms with Crippen LogP contribution in [0.25, 0.3) is 0 Å². The molecule has 0 unspecified atom stereocenters. The minimum absolute atomic E-state index is 0.174. The van der Waals surface area contributed by atoms with Crippen molar-refractivity contribution in [1.82, 2.24) is 4.72 Å². The molecule has 0 aliphatic rings. The number of nitrogens with one attached hydrogen (secondary N) is 1. The van der Waals surface area contributed by atoms with Gasteiger partial charge in [-0.1, -0.05) is 28.1 Å². The highest BCUT2D eigenvalue weighted by Crippen LogP contribution is 2.24. The molecular weight excluding hydrogens is 420 g/mol. The number of benzene rings is 2. The maximum Gasteiger partial charge on any atom is 0.241 e. The van der Waals surface area contributed by atoms with Crippen LogP contribution < -0.4 is 10.5 Å². The molecule has 0 aromatic heterocycles. The highest BCUT2D eigenvalue weighted by molar-refractivity contribution is 9.10. The first-order chi connectivity index (χ1) is 9.79. The van der Waals surface area contributed by atoms with E-state index in [1.165, 1.54) is 12.1 Å². The van der Waals surface area contributed by atoms with Crippen LogP contribution in [0.1, 0.15) is 18.5 Å². The third-order valence-electron chi connectivity index (χ3n) is 2.98. The van der Waals surface area contributed by atoms with E-state index in [9.17, 15) is 8.42 Å². The molecule has 4 nitrogen and oxygen atoms in total. The minimum Gasteiger partial charge on any atom is -0.398 e. The zero-order chi connectivity index (χ0) is 15.6. The lowest BCUT2D eigenvalue weighted by Gasteiger charge is -2.15. The zero-order valence-corrected chi connectivity index (χ0v) is 15.2. The smallest absolute Gasteiger partial charge is 0.241 e. The van der Waals surface area contributed by atoms with Crippen molar-refractivity contribution >= 4 is 47.6 Å². The zero-order valence-electron chi connectivity index (χ0n) is 11.2. The van der Waals surface area contributed by atoms with E-state index in [1.54, 1.807) is 13.0 Å². The summed E-state index contributed by atoms with van der Waals surface area (Å²) in [7, 11) is -3.60. The molecule has 0 bridgehead atoms. The largest absolute Gasteiger partial charge is 0.398 e. The molecule has 0 heterocycles. The second-order valence-corrected chi connectivity index (χ2v) is 8.06. The molecule has 2 aromatic rings. The second kappa shape index (κ2) is 6.48. The van der Waals surface area contributed by atoms with Gasteiger partial charge in [-0.15, -0.1) is 0 Å². The van der Waals surface area contributed by atoms with Crippen molar-refractivity contribution in [2.24, 2.45) is 0 Å². The summed E-state index contributed by atoms with van der Waals surface area (Å²) in [5, 5.41) is 0. The van der Waals surface area contributed by atoms with Crippen LogP contribution >= 0.6 is 31.9 Å². The molecule has 0 saturated heterocycles. The Morgan fingerprint density at radius 3 is 2.29 bits per heavy atom. The Morgan fingerprint density at radius 1 is 1.10 bits per heavy atom. The van der Waals surface area contributed by atoms with Gasteiger partial charge in [-0.2, -0.15) is 0 Å². The van der Waals surface area contributed by atoms with Crippen molar-refractivity contribution in [3.63, 3.8) is 0 Å². The lowest BCUT2D eigenvalue weighted by molar-refractivity contribution is 0.567. The van der Waals surface area contributed by atoms with Crippen LogP contribution in [-0.2, 0) is 10.0 Å². The van der Waals surface area contributed by atoms with Gasteiger partial charge in [0.05, 0.1) is 4.90 Å². The van der Waals surface area contributed by atoms with E-state index in [1.807, 2.05) is 24.3 Å². The van der Waals surface area contributed by atoms with Crippen molar-refractivity contribution < 1.29 is 8.42 Å². The molecule has 0 radical (unpaired) electrons. The summed E-state index contributed by atoms with van der Waals surface area (Å²) < 4.78 is 28.9. The number of sulfonamides is 1. The first-order valence-electron chi connectivity index (χ1n) is 6.12. The number of hydrogen-bond acceptors (Lipinski definition) is 3. The predicted molar refractivity (Wildman–Crippen MR) is 91.4 cm³/mol. The number of rotatable bonds is 4. The molecule has 0 aliphatic heterocycles. The monoisotopic (exact) mass is 432 g/mol. The fourth-order valence-corrected chi connectivity index (χ4v) is 3.85. The van der Waals surface area contributed by atoms with Gasteiger partial charge in [-0.3, -0.25) is 0 Å². The topological polar surface area (TPSA) is 72.2 Å². The predicted octanol–water partition coefficient (Wildman–Crippen LogP) is 3.83. The molecule has 0 fully saturated rings. The Kier molecular flexibility index (Phi) is 5.08. The Labute approximate surface area is 141 Å². The number of nitrogens with two attached hydrogens (primary N) is 1. The van der Waals surface area contributed by atoms with Crippen molar-refractivity contribution in [1.29, 1.82) is 0 Å². The van der Waals surface area contributed by atoms with E-state index >= 15 is 0 Å². The van der Waals surface area contributed by atoms with Crippen LogP contribution in [0, 0.1) is 0 Å². The summed E-state index contributed by atoms with van der Waals surface area (Å²) >= 11 is 6.59. The van der Waals surface area contributed by atoms with Crippen LogP contribution in [0.3, 0.4) is 0 Å². The summed E-state index contributed by atoms with van der Waals surface area (Å²) in [6.45, 7) is 1.80. The van der Waals surface area contributed by atoms with Gasteiger partial charge < -0.3 is 5.73 Å². The molecule has 0 amide bonds. The maximum atomic E-state index is 12.4. The van der Waals surface area contributed by atoms with Crippen LogP contribution in [0.4, 0.5) is 5.69 Å². The fourth-order valence-electron chi connectivity index (χ4n) is 1.80. The molecule has 1 atom stereocenters. The summed E-state index contributed by atoms with van der Waals surface area (Å²) in [6, 6.07) is 11.7. The Bertz CT molecular complexity index is 746. The molecule has 0 aliphatic carbocycles. The Hall–Kier alpha value is -0.890. The molecule has 0 saturated carbocycles. The van der Waals surface area contributed by atoms with Crippen LogP contribution in [0.15, 0.2) is 56.3 Å². The third-order valence-corrected chi connectivity index (χ3v) is 5.74.